The second-order valence-corrected chi connectivity index (χ2v) is 12.4. The normalized spacial score (nSPS) is 11.0. The number of ketones is 1. The molecule has 49 heavy (non-hydrogen) atoms. The highest BCUT2D eigenvalue weighted by molar-refractivity contribution is 6.38. The number of Topliss-reactive ketones (excluding diaryl/α,β-unsaturated/α-hetero) is 1. The van der Waals surface area contributed by atoms with Crippen molar-refractivity contribution in [3.05, 3.63) is 106 Å². The van der Waals surface area contributed by atoms with Crippen LogP contribution in [0.2, 0.25) is 10.0 Å². The van der Waals surface area contributed by atoms with E-state index in [1.54, 1.807) is 43.8 Å². The Kier molecular flexibility index (Phi) is 11.5. The summed E-state index contributed by atoms with van der Waals surface area (Å²) in [5.74, 6) is -0.0357. The van der Waals surface area contributed by atoms with Crippen molar-refractivity contribution in [2.75, 3.05) is 24.3 Å². The van der Waals surface area contributed by atoms with E-state index in [0.29, 0.717) is 46.2 Å². The molecule has 0 saturated carbocycles. The van der Waals surface area contributed by atoms with Crippen molar-refractivity contribution in [2.45, 2.75) is 45.8 Å². The van der Waals surface area contributed by atoms with Gasteiger partial charge in [-0.1, -0.05) is 41.4 Å². The van der Waals surface area contributed by atoms with Crippen LogP contribution >= 0.6 is 23.2 Å². The van der Waals surface area contributed by atoms with E-state index in [9.17, 15) is 14.4 Å². The lowest BCUT2D eigenvalue weighted by Crippen LogP contribution is -2.27. The molecule has 2 amide bonds. The van der Waals surface area contributed by atoms with E-state index in [1.165, 1.54) is 11.9 Å². The summed E-state index contributed by atoms with van der Waals surface area (Å²) in [4.78, 5) is 52.1. The molecular formula is C36H37Cl2N7O4. The molecule has 0 spiro atoms. The summed E-state index contributed by atoms with van der Waals surface area (Å²) in [5, 5.41) is 7.54. The number of ether oxygens (including phenoxy) is 1. The van der Waals surface area contributed by atoms with Gasteiger partial charge in [-0.3, -0.25) is 19.4 Å². The van der Waals surface area contributed by atoms with Crippen molar-refractivity contribution in [2.24, 2.45) is 7.05 Å². The van der Waals surface area contributed by atoms with Gasteiger partial charge in [0.15, 0.2) is 0 Å². The fourth-order valence-electron chi connectivity index (χ4n) is 5.28. The van der Waals surface area contributed by atoms with Crippen LogP contribution in [0.1, 0.15) is 52.3 Å². The molecule has 0 saturated heterocycles. The summed E-state index contributed by atoms with van der Waals surface area (Å²) in [5.41, 5.74) is 5.44. The number of benzene rings is 2. The van der Waals surface area contributed by atoms with Crippen molar-refractivity contribution in [3.8, 4) is 5.75 Å². The summed E-state index contributed by atoms with van der Waals surface area (Å²) < 4.78 is 8.16. The number of aromatic nitrogens is 4. The van der Waals surface area contributed by atoms with Gasteiger partial charge in [0.25, 0.3) is 5.91 Å². The van der Waals surface area contributed by atoms with E-state index in [4.69, 9.17) is 32.9 Å². The Labute approximate surface area is 294 Å². The Bertz CT molecular complexity index is 2000. The van der Waals surface area contributed by atoms with Gasteiger partial charge in [-0.15, -0.1) is 0 Å². The topological polar surface area (TPSA) is 131 Å². The molecule has 0 atom stereocenters. The minimum Gasteiger partial charge on any atom is -0.487 e. The number of hydrogen-bond donors (Lipinski definition) is 2. The quantitative estimate of drug-likeness (QED) is 0.135. The first kappa shape index (κ1) is 35.3. The van der Waals surface area contributed by atoms with Crippen LogP contribution in [-0.2, 0) is 36.2 Å². The van der Waals surface area contributed by atoms with Crippen LogP contribution < -0.4 is 20.3 Å². The Morgan fingerprint density at radius 2 is 1.84 bits per heavy atom. The van der Waals surface area contributed by atoms with Gasteiger partial charge in [0.1, 0.15) is 29.4 Å². The highest BCUT2D eigenvalue weighted by atomic mass is 35.5. The van der Waals surface area contributed by atoms with Gasteiger partial charge in [-0.25, -0.2) is 9.97 Å². The molecule has 11 nitrogen and oxygen atoms in total. The van der Waals surface area contributed by atoms with E-state index < -0.39 is 0 Å². The molecule has 3 heterocycles. The molecule has 2 N–H and O–H groups in total. The Morgan fingerprint density at radius 3 is 2.55 bits per heavy atom. The van der Waals surface area contributed by atoms with Crippen molar-refractivity contribution < 1.29 is 19.1 Å². The second kappa shape index (κ2) is 15.9. The number of carbonyl (C=O) groups is 3. The van der Waals surface area contributed by atoms with Gasteiger partial charge in [0, 0.05) is 80.2 Å². The van der Waals surface area contributed by atoms with Crippen LogP contribution in [0.15, 0.2) is 67.3 Å². The number of amides is 2. The summed E-state index contributed by atoms with van der Waals surface area (Å²) in [6, 6.07) is 14.4. The maximum absolute atomic E-state index is 13.1. The van der Waals surface area contributed by atoms with Gasteiger partial charge in [0.05, 0.1) is 29.3 Å². The third-order valence-corrected chi connectivity index (χ3v) is 8.79. The largest absolute Gasteiger partial charge is 0.487 e. The maximum Gasteiger partial charge on any atom is 0.269 e. The molecule has 3 aromatic heterocycles. The third-order valence-electron chi connectivity index (χ3n) is 8.02. The van der Waals surface area contributed by atoms with Crippen LogP contribution in [0, 0.1) is 6.92 Å². The number of imidazole rings is 1. The fraction of sp³-hybridized carbons (Fsp3) is 0.278. The minimum absolute atomic E-state index is 0.0196. The minimum atomic E-state index is -0.275. The smallest absolute Gasteiger partial charge is 0.269 e. The van der Waals surface area contributed by atoms with Gasteiger partial charge < -0.3 is 24.8 Å². The molecule has 13 heteroatoms. The number of halogens is 2. The monoisotopic (exact) mass is 701 g/mol. The molecule has 0 bridgehead atoms. The summed E-state index contributed by atoms with van der Waals surface area (Å²) in [6.45, 7) is 2.51. The number of aryl methyl sites for hydroxylation is 3. The Balaban J connectivity index is 1.21. The van der Waals surface area contributed by atoms with Crippen LogP contribution in [0.3, 0.4) is 0 Å². The lowest BCUT2D eigenvalue weighted by molar-refractivity contribution is -0.123. The SMILES string of the molecule is CNC(=O)c1ccc(CCC(=O)CCC(=O)N(C)c2ccc(Cl)c(COc3cccc4c(NCc5cn(C)cn5)cc(C)nc34)c2Cl)cn1. The number of fused-ring (bicyclic) bond motifs is 1. The number of anilines is 2. The molecule has 254 valence electrons. The average molecular weight is 703 g/mol. The van der Waals surface area contributed by atoms with Gasteiger partial charge in [0.2, 0.25) is 5.91 Å². The number of rotatable bonds is 14. The average Bonchev–Trinajstić information content (AvgIpc) is 3.52. The third kappa shape index (κ3) is 8.73. The van der Waals surface area contributed by atoms with E-state index in [2.05, 4.69) is 20.6 Å². The summed E-state index contributed by atoms with van der Waals surface area (Å²) in [6.07, 6.45) is 6.13. The first-order valence-electron chi connectivity index (χ1n) is 15.7. The zero-order valence-electron chi connectivity index (χ0n) is 27.7. The first-order valence-corrected chi connectivity index (χ1v) is 16.5. The molecular weight excluding hydrogens is 665 g/mol. The highest BCUT2D eigenvalue weighted by Gasteiger charge is 2.20. The zero-order valence-corrected chi connectivity index (χ0v) is 29.2. The molecule has 5 rings (SSSR count). The van der Waals surface area contributed by atoms with E-state index in [-0.39, 0.29) is 48.5 Å². The Hall–Kier alpha value is -5.00. The van der Waals surface area contributed by atoms with Crippen molar-refractivity contribution in [3.63, 3.8) is 0 Å². The molecule has 0 fully saturated rings. The molecule has 0 aliphatic rings. The predicted molar refractivity (Wildman–Crippen MR) is 191 cm³/mol. The number of carbonyl (C=O) groups excluding carboxylic acids is 3. The molecule has 0 unspecified atom stereocenters. The lowest BCUT2D eigenvalue weighted by Gasteiger charge is -2.21. The molecule has 2 aromatic carbocycles. The van der Waals surface area contributed by atoms with E-state index in [0.717, 1.165) is 28.0 Å². The van der Waals surface area contributed by atoms with Crippen LogP contribution in [-0.4, -0.2) is 51.2 Å². The highest BCUT2D eigenvalue weighted by Crippen LogP contribution is 2.36. The lowest BCUT2D eigenvalue weighted by atomic mass is 10.1. The summed E-state index contributed by atoms with van der Waals surface area (Å²) >= 11 is 13.4. The molecule has 5 aromatic rings. The van der Waals surface area contributed by atoms with Crippen LogP contribution in [0.5, 0.6) is 5.75 Å². The van der Waals surface area contributed by atoms with E-state index >= 15 is 0 Å². The number of para-hydroxylation sites is 1. The molecule has 0 radical (unpaired) electrons. The van der Waals surface area contributed by atoms with Gasteiger partial charge >= 0.3 is 0 Å². The number of nitrogens with zero attached hydrogens (tertiary/aromatic N) is 5. The van der Waals surface area contributed by atoms with Gasteiger partial charge in [-0.2, -0.15) is 0 Å². The van der Waals surface area contributed by atoms with Crippen molar-refractivity contribution in [1.29, 1.82) is 0 Å². The number of hydrogen-bond acceptors (Lipinski definition) is 8. The maximum atomic E-state index is 13.1. The first-order chi connectivity index (χ1) is 23.5. The van der Waals surface area contributed by atoms with Gasteiger partial charge in [-0.05, 0) is 49.2 Å². The van der Waals surface area contributed by atoms with Crippen LogP contribution in [0.25, 0.3) is 10.9 Å². The van der Waals surface area contributed by atoms with Crippen molar-refractivity contribution >= 4 is 63.1 Å². The predicted octanol–water partition coefficient (Wildman–Crippen LogP) is 6.47. The second-order valence-electron chi connectivity index (χ2n) is 11.6. The zero-order chi connectivity index (χ0) is 35.1. The molecule has 0 aliphatic heterocycles. The fourth-order valence-corrected chi connectivity index (χ4v) is 5.88. The van der Waals surface area contributed by atoms with Crippen LogP contribution in [0.4, 0.5) is 11.4 Å². The van der Waals surface area contributed by atoms with E-state index in [1.807, 2.05) is 49.0 Å². The van der Waals surface area contributed by atoms with Crippen molar-refractivity contribution in [1.82, 2.24) is 24.8 Å². The Morgan fingerprint density at radius 1 is 1.02 bits per heavy atom. The number of pyridine rings is 2. The standard InChI is InChI=1S/C36H37Cl2N7O4/c1-22-16-30(41-18-24-19-44(3)21-42-24)26-6-5-7-32(35(26)43-22)49-20-27-28(37)12-14-31(34(27)38)45(4)33(47)15-11-25(46)10-8-23-9-13-29(40-17-23)36(48)39-2/h5-7,9,12-14,16-17,19,21H,8,10-11,15,18,20H2,1-4H3,(H,39,48)(H,41,43). The molecule has 0 aliphatic carbocycles. The number of nitrogens with one attached hydrogen (secondary N) is 2. The summed E-state index contributed by atoms with van der Waals surface area (Å²) in [7, 11) is 5.08.